The van der Waals surface area contributed by atoms with Crippen molar-refractivity contribution < 1.29 is 9.84 Å². The summed E-state index contributed by atoms with van der Waals surface area (Å²) in [6.07, 6.45) is 2.53. The van der Waals surface area contributed by atoms with Crippen molar-refractivity contribution >= 4 is 0 Å². The third-order valence-electron chi connectivity index (χ3n) is 3.55. The van der Waals surface area contributed by atoms with E-state index in [1.54, 1.807) is 0 Å². The standard InChI is InChI=1S/C15H23NO2/c1-3-16-10-12-7-4-6-11(2)15(12)18-14-9-5-8-13(14)17/h4,6-7,13-14,16-17H,3,5,8-10H2,1-2H3. The molecule has 0 radical (unpaired) electrons. The quantitative estimate of drug-likeness (QED) is 0.842. The molecule has 1 aliphatic carbocycles. The van der Waals surface area contributed by atoms with Gasteiger partial charge >= 0.3 is 0 Å². The number of hydrogen-bond donors (Lipinski definition) is 2. The van der Waals surface area contributed by atoms with Crippen molar-refractivity contribution in [2.24, 2.45) is 0 Å². The maximum atomic E-state index is 9.87. The molecule has 0 spiro atoms. The van der Waals surface area contributed by atoms with Crippen LogP contribution in [0.1, 0.15) is 37.3 Å². The van der Waals surface area contributed by atoms with Crippen LogP contribution in [0.2, 0.25) is 0 Å². The van der Waals surface area contributed by atoms with E-state index in [4.69, 9.17) is 4.74 Å². The fraction of sp³-hybridized carbons (Fsp3) is 0.600. The SMILES string of the molecule is CCNCc1cccc(C)c1OC1CCCC1O. The molecule has 100 valence electrons. The Kier molecular flexibility index (Phi) is 4.61. The number of benzene rings is 1. The average molecular weight is 249 g/mol. The first-order valence-corrected chi connectivity index (χ1v) is 6.86. The minimum Gasteiger partial charge on any atom is -0.487 e. The Morgan fingerprint density at radius 1 is 1.39 bits per heavy atom. The van der Waals surface area contributed by atoms with Crippen LogP contribution in [0.3, 0.4) is 0 Å². The molecule has 0 aromatic heterocycles. The first kappa shape index (κ1) is 13.4. The molecular formula is C15H23NO2. The summed E-state index contributed by atoms with van der Waals surface area (Å²) in [5.41, 5.74) is 2.32. The minimum atomic E-state index is -0.309. The molecule has 2 N–H and O–H groups in total. The molecule has 1 aromatic carbocycles. The number of aryl methyl sites for hydroxylation is 1. The van der Waals surface area contributed by atoms with Crippen LogP contribution in [0.25, 0.3) is 0 Å². The summed E-state index contributed by atoms with van der Waals surface area (Å²) in [5, 5.41) is 13.2. The summed E-state index contributed by atoms with van der Waals surface area (Å²) in [4.78, 5) is 0. The highest BCUT2D eigenvalue weighted by Crippen LogP contribution is 2.29. The molecule has 0 amide bonds. The molecule has 0 aliphatic heterocycles. The van der Waals surface area contributed by atoms with Gasteiger partial charge in [0.1, 0.15) is 11.9 Å². The summed E-state index contributed by atoms with van der Waals surface area (Å²) < 4.78 is 6.06. The third kappa shape index (κ3) is 3.03. The van der Waals surface area contributed by atoms with Crippen molar-refractivity contribution in [1.82, 2.24) is 5.32 Å². The van der Waals surface area contributed by atoms with Crippen LogP contribution in [-0.2, 0) is 6.54 Å². The number of para-hydroxylation sites is 1. The van der Waals surface area contributed by atoms with E-state index < -0.39 is 0 Å². The molecule has 1 aromatic rings. The molecule has 2 atom stereocenters. The second-order valence-electron chi connectivity index (χ2n) is 5.00. The third-order valence-corrected chi connectivity index (χ3v) is 3.55. The topological polar surface area (TPSA) is 41.5 Å². The first-order chi connectivity index (χ1) is 8.72. The molecule has 3 heteroatoms. The van der Waals surface area contributed by atoms with Crippen LogP contribution in [0, 0.1) is 6.92 Å². The second-order valence-corrected chi connectivity index (χ2v) is 5.00. The fourth-order valence-corrected chi connectivity index (χ4v) is 2.48. The Morgan fingerprint density at radius 2 is 2.22 bits per heavy atom. The van der Waals surface area contributed by atoms with E-state index in [0.717, 1.165) is 43.7 Å². The highest BCUT2D eigenvalue weighted by atomic mass is 16.5. The van der Waals surface area contributed by atoms with Crippen molar-refractivity contribution in [1.29, 1.82) is 0 Å². The van der Waals surface area contributed by atoms with Gasteiger partial charge in [-0.3, -0.25) is 0 Å². The van der Waals surface area contributed by atoms with Crippen molar-refractivity contribution in [2.75, 3.05) is 6.54 Å². The van der Waals surface area contributed by atoms with E-state index in [1.165, 1.54) is 5.56 Å². The van der Waals surface area contributed by atoms with E-state index in [-0.39, 0.29) is 12.2 Å². The molecule has 3 nitrogen and oxygen atoms in total. The molecule has 0 heterocycles. The van der Waals surface area contributed by atoms with Crippen LogP contribution in [-0.4, -0.2) is 23.9 Å². The van der Waals surface area contributed by atoms with E-state index in [2.05, 4.69) is 37.4 Å². The molecule has 0 bridgehead atoms. The van der Waals surface area contributed by atoms with Gasteiger partial charge in [-0.05, 0) is 38.3 Å². The van der Waals surface area contributed by atoms with Gasteiger partial charge in [0, 0.05) is 12.1 Å². The van der Waals surface area contributed by atoms with Gasteiger partial charge in [-0.2, -0.15) is 0 Å². The highest BCUT2D eigenvalue weighted by molar-refractivity contribution is 5.41. The van der Waals surface area contributed by atoms with Crippen molar-refractivity contribution in [3.05, 3.63) is 29.3 Å². The number of ether oxygens (including phenoxy) is 1. The molecule has 2 rings (SSSR count). The summed E-state index contributed by atoms with van der Waals surface area (Å²) >= 11 is 0. The van der Waals surface area contributed by atoms with Gasteiger partial charge in [0.25, 0.3) is 0 Å². The smallest absolute Gasteiger partial charge is 0.127 e. The second kappa shape index (κ2) is 6.21. The predicted molar refractivity (Wildman–Crippen MR) is 72.8 cm³/mol. The lowest BCUT2D eigenvalue weighted by molar-refractivity contribution is 0.0593. The molecule has 1 saturated carbocycles. The zero-order valence-electron chi connectivity index (χ0n) is 11.3. The van der Waals surface area contributed by atoms with Gasteiger partial charge in [0.05, 0.1) is 6.10 Å². The maximum absolute atomic E-state index is 9.87. The predicted octanol–water partition coefficient (Wildman–Crippen LogP) is 2.40. The van der Waals surface area contributed by atoms with Crippen molar-refractivity contribution in [3.63, 3.8) is 0 Å². The summed E-state index contributed by atoms with van der Waals surface area (Å²) in [7, 11) is 0. The van der Waals surface area contributed by atoms with E-state index >= 15 is 0 Å². The van der Waals surface area contributed by atoms with Crippen LogP contribution in [0.5, 0.6) is 5.75 Å². The number of aliphatic hydroxyl groups excluding tert-OH is 1. The first-order valence-electron chi connectivity index (χ1n) is 6.86. The van der Waals surface area contributed by atoms with Gasteiger partial charge in [-0.25, -0.2) is 0 Å². The monoisotopic (exact) mass is 249 g/mol. The van der Waals surface area contributed by atoms with Crippen LogP contribution in [0.4, 0.5) is 0 Å². The Labute approximate surface area is 109 Å². The summed E-state index contributed by atoms with van der Waals surface area (Å²) in [6, 6.07) is 6.21. The fourth-order valence-electron chi connectivity index (χ4n) is 2.48. The highest BCUT2D eigenvalue weighted by Gasteiger charge is 2.27. The minimum absolute atomic E-state index is 0.0357. The number of rotatable bonds is 5. The Balaban J connectivity index is 2.14. The molecule has 0 saturated heterocycles. The summed E-state index contributed by atoms with van der Waals surface area (Å²) in [6.45, 7) is 5.92. The van der Waals surface area contributed by atoms with Gasteiger partial charge in [-0.1, -0.05) is 25.1 Å². The van der Waals surface area contributed by atoms with Crippen LogP contribution >= 0.6 is 0 Å². The molecule has 1 aliphatic rings. The zero-order chi connectivity index (χ0) is 13.0. The van der Waals surface area contributed by atoms with Gasteiger partial charge < -0.3 is 15.2 Å². The van der Waals surface area contributed by atoms with Crippen LogP contribution in [0.15, 0.2) is 18.2 Å². The number of aliphatic hydroxyl groups is 1. The van der Waals surface area contributed by atoms with E-state index in [0.29, 0.717) is 0 Å². The molecule has 1 fully saturated rings. The van der Waals surface area contributed by atoms with Gasteiger partial charge in [0.2, 0.25) is 0 Å². The lowest BCUT2D eigenvalue weighted by Gasteiger charge is -2.21. The Bertz CT molecular complexity index is 392. The zero-order valence-corrected chi connectivity index (χ0v) is 11.3. The van der Waals surface area contributed by atoms with Crippen molar-refractivity contribution in [3.8, 4) is 5.75 Å². The molecular weight excluding hydrogens is 226 g/mol. The average Bonchev–Trinajstić information content (AvgIpc) is 2.76. The van der Waals surface area contributed by atoms with E-state index in [1.807, 2.05) is 0 Å². The maximum Gasteiger partial charge on any atom is 0.127 e. The molecule has 2 unspecified atom stereocenters. The Morgan fingerprint density at radius 3 is 2.89 bits per heavy atom. The lowest BCUT2D eigenvalue weighted by Crippen LogP contribution is -2.27. The van der Waals surface area contributed by atoms with E-state index in [9.17, 15) is 5.11 Å². The van der Waals surface area contributed by atoms with Gasteiger partial charge in [-0.15, -0.1) is 0 Å². The van der Waals surface area contributed by atoms with Crippen LogP contribution < -0.4 is 10.1 Å². The van der Waals surface area contributed by atoms with Crippen molar-refractivity contribution in [2.45, 2.75) is 51.9 Å². The van der Waals surface area contributed by atoms with Gasteiger partial charge in [0.15, 0.2) is 0 Å². The number of hydrogen-bond acceptors (Lipinski definition) is 3. The largest absolute Gasteiger partial charge is 0.487 e. The number of nitrogens with one attached hydrogen (secondary N) is 1. The molecule has 18 heavy (non-hydrogen) atoms. The summed E-state index contributed by atoms with van der Waals surface area (Å²) in [5.74, 6) is 0.949. The normalized spacial score (nSPS) is 23.3. The Hall–Kier alpha value is -1.06. The lowest BCUT2D eigenvalue weighted by atomic mass is 10.1.